The highest BCUT2D eigenvalue weighted by Crippen LogP contribution is 2.46. The van der Waals surface area contributed by atoms with E-state index in [-0.39, 0.29) is 12.1 Å². The lowest BCUT2D eigenvalue weighted by Crippen LogP contribution is -2.39. The van der Waals surface area contributed by atoms with Gasteiger partial charge in [-0.25, -0.2) is 9.98 Å². The van der Waals surface area contributed by atoms with E-state index < -0.39 is 0 Å². The maximum atomic E-state index is 6.65. The minimum absolute atomic E-state index is 0.0778. The van der Waals surface area contributed by atoms with Crippen LogP contribution in [0.25, 0.3) is 70.3 Å². The first-order valence-electron chi connectivity index (χ1n) is 17.3. The van der Waals surface area contributed by atoms with Crippen LogP contribution in [0.4, 0.5) is 0 Å². The number of hydrogen-bond acceptors (Lipinski definition) is 6. The molecule has 11 rings (SSSR count). The summed E-state index contributed by atoms with van der Waals surface area (Å²) in [5.74, 6) is 2.52. The number of furan rings is 2. The zero-order valence-corrected chi connectivity index (χ0v) is 28.2. The molecule has 6 heteroatoms. The predicted octanol–water partition coefficient (Wildman–Crippen LogP) is 12.0. The molecule has 2 aliphatic rings. The Labute approximate surface area is 296 Å². The van der Waals surface area contributed by atoms with E-state index in [1.165, 1.54) is 20.2 Å². The highest BCUT2D eigenvalue weighted by Gasteiger charge is 2.33. The van der Waals surface area contributed by atoms with Crippen LogP contribution in [-0.4, -0.2) is 11.7 Å². The number of para-hydroxylation sites is 1. The maximum absolute atomic E-state index is 6.65. The van der Waals surface area contributed by atoms with Crippen molar-refractivity contribution in [3.63, 3.8) is 0 Å². The average Bonchev–Trinajstić information content (AvgIpc) is 3.89. The van der Waals surface area contributed by atoms with Gasteiger partial charge in [0, 0.05) is 53.4 Å². The molecule has 6 aromatic carbocycles. The second kappa shape index (κ2) is 11.1. The molecule has 5 nitrogen and oxygen atoms in total. The van der Waals surface area contributed by atoms with E-state index in [9.17, 15) is 0 Å². The molecular weight excluding hydrogens is 647 g/mol. The fraction of sp³-hybridized carbons (Fsp3) is 0.0667. The molecular formula is C45H29N3O2S. The lowest BCUT2D eigenvalue weighted by molar-refractivity contribution is 0.591. The van der Waals surface area contributed by atoms with Gasteiger partial charge in [0.25, 0.3) is 0 Å². The number of amidine groups is 2. The van der Waals surface area contributed by atoms with Crippen LogP contribution in [0.15, 0.2) is 158 Å². The summed E-state index contributed by atoms with van der Waals surface area (Å²) in [5, 5.41) is 9.63. The number of nitrogens with zero attached hydrogens (tertiary/aromatic N) is 2. The summed E-state index contributed by atoms with van der Waals surface area (Å²) in [6.45, 7) is 0. The molecule has 0 saturated heterocycles. The number of thiophene rings is 1. The van der Waals surface area contributed by atoms with E-state index in [2.05, 4.69) is 133 Å². The largest absolute Gasteiger partial charge is 0.456 e. The van der Waals surface area contributed by atoms with E-state index in [4.69, 9.17) is 18.8 Å². The molecule has 1 aliphatic carbocycles. The van der Waals surface area contributed by atoms with Gasteiger partial charge in [-0.05, 0) is 59.5 Å². The van der Waals surface area contributed by atoms with Gasteiger partial charge in [0.15, 0.2) is 6.17 Å². The summed E-state index contributed by atoms with van der Waals surface area (Å²) in [5.41, 5.74) is 8.15. The number of aliphatic imine (C=N–C) groups is 2. The monoisotopic (exact) mass is 675 g/mol. The van der Waals surface area contributed by atoms with Crippen LogP contribution >= 0.6 is 11.3 Å². The molecule has 0 fully saturated rings. The molecule has 4 heterocycles. The summed E-state index contributed by atoms with van der Waals surface area (Å²) in [6.07, 6.45) is 4.72. The van der Waals surface area contributed by atoms with Crippen molar-refractivity contribution in [2.75, 3.05) is 0 Å². The minimum Gasteiger partial charge on any atom is -0.456 e. The quantitative estimate of drug-likeness (QED) is 0.202. The van der Waals surface area contributed by atoms with Gasteiger partial charge in [-0.2, -0.15) is 0 Å². The van der Waals surface area contributed by atoms with Crippen molar-refractivity contribution in [2.45, 2.75) is 18.5 Å². The van der Waals surface area contributed by atoms with Gasteiger partial charge < -0.3 is 14.2 Å². The Kier molecular flexibility index (Phi) is 6.24. The second-order valence-electron chi connectivity index (χ2n) is 13.2. The average molecular weight is 676 g/mol. The summed E-state index contributed by atoms with van der Waals surface area (Å²) >= 11 is 1.81. The summed E-state index contributed by atoms with van der Waals surface area (Å²) in [7, 11) is 0. The molecule has 0 spiro atoms. The fourth-order valence-electron chi connectivity index (χ4n) is 8.05. The number of allylic oxidation sites excluding steroid dienone is 1. The van der Waals surface area contributed by atoms with Crippen LogP contribution in [0.3, 0.4) is 0 Å². The summed E-state index contributed by atoms with van der Waals surface area (Å²) < 4.78 is 15.5. The molecule has 0 saturated carbocycles. The molecule has 0 amide bonds. The van der Waals surface area contributed by atoms with Crippen LogP contribution in [0.2, 0.25) is 0 Å². The van der Waals surface area contributed by atoms with Crippen LogP contribution in [0.5, 0.6) is 0 Å². The molecule has 9 aromatic rings. The maximum Gasteiger partial charge on any atom is 0.169 e. The standard InChI is InChI=1S/C45H29N3O2S/c1-2-12-26(13-3-1)43-46-44(48-45(47-43)33-20-8-18-30-27-14-5-7-25-38(27)51-42(30)33)32-19-11-24-37-41(32)40-29(17-10-23-36(40)50-37)28-16-9-22-35-39(28)31-15-4-6-21-34(31)49-35/h1-18,20-25,32,43H,19H2,(H,46,47,48). The van der Waals surface area contributed by atoms with E-state index in [1.807, 2.05) is 29.5 Å². The zero-order chi connectivity index (χ0) is 33.5. The Bertz CT molecular complexity index is 2940. The molecule has 0 bridgehead atoms. The number of benzene rings is 6. The minimum atomic E-state index is -0.389. The lowest BCUT2D eigenvalue weighted by atomic mass is 9.84. The highest BCUT2D eigenvalue weighted by molar-refractivity contribution is 7.26. The molecule has 2 atom stereocenters. The van der Waals surface area contributed by atoms with E-state index in [1.54, 1.807) is 0 Å². The van der Waals surface area contributed by atoms with E-state index in [0.29, 0.717) is 0 Å². The molecule has 51 heavy (non-hydrogen) atoms. The van der Waals surface area contributed by atoms with Gasteiger partial charge >= 0.3 is 0 Å². The van der Waals surface area contributed by atoms with Gasteiger partial charge in [-0.1, -0.05) is 109 Å². The molecule has 1 aliphatic heterocycles. The summed E-state index contributed by atoms with van der Waals surface area (Å²) in [6, 6.07) is 46.5. The van der Waals surface area contributed by atoms with E-state index in [0.717, 1.165) is 84.6 Å². The molecule has 2 unspecified atom stereocenters. The Morgan fingerprint density at radius 2 is 1.27 bits per heavy atom. The SMILES string of the molecule is C1=Cc2oc3cccc(-c4cccc5oc6ccccc6c45)c3c2C(C2=NC(c3ccccc3)N=C(c3cccc4c3sc3ccccc34)N2)C1. The van der Waals surface area contributed by atoms with Crippen molar-refractivity contribution in [3.8, 4) is 11.1 Å². The van der Waals surface area contributed by atoms with Gasteiger partial charge in [-0.3, -0.25) is 0 Å². The molecule has 1 N–H and O–H groups in total. The van der Waals surface area contributed by atoms with Crippen molar-refractivity contribution in [2.24, 2.45) is 9.98 Å². The lowest BCUT2D eigenvalue weighted by Gasteiger charge is -2.28. The summed E-state index contributed by atoms with van der Waals surface area (Å²) in [4.78, 5) is 10.7. The predicted molar refractivity (Wildman–Crippen MR) is 211 cm³/mol. The van der Waals surface area contributed by atoms with Gasteiger partial charge in [0.05, 0.1) is 0 Å². The van der Waals surface area contributed by atoms with Gasteiger partial charge in [-0.15, -0.1) is 11.3 Å². The topological polar surface area (TPSA) is 63.0 Å². The molecule has 3 aromatic heterocycles. The first-order valence-corrected chi connectivity index (χ1v) is 18.1. The Morgan fingerprint density at radius 3 is 2.16 bits per heavy atom. The number of nitrogens with one attached hydrogen (secondary N) is 1. The normalized spacial score (nSPS) is 17.3. The first-order chi connectivity index (χ1) is 25.3. The van der Waals surface area contributed by atoms with Crippen LogP contribution in [-0.2, 0) is 0 Å². The second-order valence-corrected chi connectivity index (χ2v) is 14.3. The van der Waals surface area contributed by atoms with Gasteiger partial charge in [0.1, 0.15) is 34.2 Å². The van der Waals surface area contributed by atoms with Crippen molar-refractivity contribution < 1.29 is 8.83 Å². The van der Waals surface area contributed by atoms with E-state index >= 15 is 0 Å². The highest BCUT2D eigenvalue weighted by atomic mass is 32.1. The zero-order valence-electron chi connectivity index (χ0n) is 27.3. The third-order valence-electron chi connectivity index (χ3n) is 10.3. The molecule has 242 valence electrons. The fourth-order valence-corrected chi connectivity index (χ4v) is 9.27. The number of rotatable bonds is 4. The van der Waals surface area contributed by atoms with Crippen molar-refractivity contribution in [1.29, 1.82) is 0 Å². The van der Waals surface area contributed by atoms with Crippen molar-refractivity contribution >= 4 is 82.2 Å². The third-order valence-corrected chi connectivity index (χ3v) is 11.5. The van der Waals surface area contributed by atoms with Gasteiger partial charge in [0.2, 0.25) is 0 Å². The first kappa shape index (κ1) is 28.6. The van der Waals surface area contributed by atoms with Crippen molar-refractivity contribution in [1.82, 2.24) is 5.32 Å². The number of fused-ring (bicyclic) bond motifs is 9. The Hall–Kier alpha value is -6.24. The van der Waals surface area contributed by atoms with Crippen LogP contribution in [0, 0.1) is 0 Å². The van der Waals surface area contributed by atoms with Crippen molar-refractivity contribution in [3.05, 3.63) is 162 Å². The molecule has 0 radical (unpaired) electrons. The van der Waals surface area contributed by atoms with Crippen LogP contribution < -0.4 is 5.32 Å². The van der Waals surface area contributed by atoms with Crippen LogP contribution in [0.1, 0.15) is 41.0 Å². The Morgan fingerprint density at radius 1 is 0.588 bits per heavy atom. The third kappa shape index (κ3) is 4.40. The smallest absolute Gasteiger partial charge is 0.169 e. The Balaban J connectivity index is 1.11. The number of hydrogen-bond donors (Lipinski definition) is 1.